The molecule has 140 valence electrons. The van der Waals surface area contributed by atoms with Crippen LogP contribution in [-0.4, -0.2) is 11.8 Å². The zero-order valence-electron chi connectivity index (χ0n) is 16.2. The molecule has 3 aromatic carbocycles. The van der Waals surface area contributed by atoms with Crippen LogP contribution in [-0.2, 0) is 9.53 Å². The van der Waals surface area contributed by atoms with E-state index in [-0.39, 0.29) is 5.78 Å². The molecule has 3 aromatic rings. The van der Waals surface area contributed by atoms with E-state index in [0.717, 1.165) is 40.3 Å². The van der Waals surface area contributed by atoms with E-state index < -0.39 is 6.10 Å². The van der Waals surface area contributed by atoms with Crippen LogP contribution in [0.25, 0.3) is 16.3 Å². The predicted octanol–water partition coefficient (Wildman–Crippen LogP) is 5.22. The van der Waals surface area contributed by atoms with Crippen molar-refractivity contribution in [3.63, 3.8) is 0 Å². The van der Waals surface area contributed by atoms with E-state index in [2.05, 4.69) is 43.4 Å². The number of fused-ring (bicyclic) bond motifs is 1. The monoisotopic (exact) mass is 369 g/mol. The van der Waals surface area contributed by atoms with E-state index in [9.17, 15) is 4.79 Å². The molecule has 0 saturated heterocycles. The maximum atomic E-state index is 13.6. The fraction of sp³-hybridized carbons (Fsp3) is 0.240. The third-order valence-corrected chi connectivity index (χ3v) is 5.84. The molecule has 0 aromatic heterocycles. The third-order valence-electron chi connectivity index (χ3n) is 5.84. The number of carbonyl (C=O) groups excluding carboxylic acids is 1. The standard InChI is InChI=1S/C25H23NO2/c1-15-7-5-11-19(16(15)2)22-23(27)24(28-25(22)26-18-13-14-18)21-12-6-9-17-8-3-4-10-20(17)21/h3-12,18,24,26H,13-14H2,1-2H3. The summed E-state index contributed by atoms with van der Waals surface area (Å²) in [4.78, 5) is 13.6. The second kappa shape index (κ2) is 6.52. The van der Waals surface area contributed by atoms with Crippen LogP contribution < -0.4 is 5.32 Å². The maximum Gasteiger partial charge on any atom is 0.213 e. The van der Waals surface area contributed by atoms with Crippen molar-refractivity contribution in [3.05, 3.63) is 88.8 Å². The molecule has 5 rings (SSSR count). The SMILES string of the molecule is Cc1cccc(C2=C(NC3CC3)OC(c3cccc4ccccc34)C2=O)c1C. The lowest BCUT2D eigenvalue weighted by atomic mass is 9.91. The molecule has 1 unspecified atom stereocenters. The Hall–Kier alpha value is -3.07. The summed E-state index contributed by atoms with van der Waals surface area (Å²) >= 11 is 0. The Labute approximate surface area is 165 Å². The average Bonchev–Trinajstić information content (AvgIpc) is 3.47. The van der Waals surface area contributed by atoms with Crippen molar-refractivity contribution in [2.24, 2.45) is 0 Å². The highest BCUT2D eigenvalue weighted by Crippen LogP contribution is 2.41. The van der Waals surface area contributed by atoms with Gasteiger partial charge in [0.1, 0.15) is 0 Å². The minimum Gasteiger partial charge on any atom is -0.462 e. The highest BCUT2D eigenvalue weighted by atomic mass is 16.5. The first-order valence-electron chi connectivity index (χ1n) is 9.89. The highest BCUT2D eigenvalue weighted by molar-refractivity contribution is 6.26. The predicted molar refractivity (Wildman–Crippen MR) is 112 cm³/mol. The van der Waals surface area contributed by atoms with Crippen LogP contribution >= 0.6 is 0 Å². The Morgan fingerprint density at radius 1 is 0.929 bits per heavy atom. The minimum absolute atomic E-state index is 0.0354. The van der Waals surface area contributed by atoms with Crippen molar-refractivity contribution in [2.75, 3.05) is 0 Å². The molecular weight excluding hydrogens is 346 g/mol. The van der Waals surface area contributed by atoms with Gasteiger partial charge in [-0.25, -0.2) is 0 Å². The molecule has 1 atom stereocenters. The molecule has 1 saturated carbocycles. The fourth-order valence-corrected chi connectivity index (χ4v) is 3.95. The lowest BCUT2D eigenvalue weighted by Gasteiger charge is -2.15. The average molecular weight is 369 g/mol. The van der Waals surface area contributed by atoms with E-state index in [1.54, 1.807) is 0 Å². The largest absolute Gasteiger partial charge is 0.462 e. The van der Waals surface area contributed by atoms with Gasteiger partial charge in [0.2, 0.25) is 5.78 Å². The van der Waals surface area contributed by atoms with Crippen molar-refractivity contribution in [1.29, 1.82) is 0 Å². The van der Waals surface area contributed by atoms with Gasteiger partial charge in [0.15, 0.2) is 12.0 Å². The van der Waals surface area contributed by atoms with E-state index in [1.807, 2.05) is 36.4 Å². The summed E-state index contributed by atoms with van der Waals surface area (Å²) in [7, 11) is 0. The molecule has 3 heteroatoms. The lowest BCUT2D eigenvalue weighted by Crippen LogP contribution is -2.17. The summed E-state index contributed by atoms with van der Waals surface area (Å²) in [6.45, 7) is 4.15. The second-order valence-corrected chi connectivity index (χ2v) is 7.80. The van der Waals surface area contributed by atoms with Crippen LogP contribution in [0.4, 0.5) is 0 Å². The Balaban J connectivity index is 1.62. The molecule has 0 radical (unpaired) electrons. The molecule has 2 aliphatic rings. The van der Waals surface area contributed by atoms with E-state index >= 15 is 0 Å². The van der Waals surface area contributed by atoms with Gasteiger partial charge in [-0.3, -0.25) is 4.79 Å². The highest BCUT2D eigenvalue weighted by Gasteiger charge is 2.40. The number of hydrogen-bond donors (Lipinski definition) is 1. The van der Waals surface area contributed by atoms with Crippen molar-refractivity contribution >= 4 is 22.1 Å². The zero-order valence-corrected chi connectivity index (χ0v) is 16.2. The number of rotatable bonds is 4. The van der Waals surface area contributed by atoms with Crippen LogP contribution in [0.15, 0.2) is 66.5 Å². The molecule has 0 spiro atoms. The molecule has 0 bridgehead atoms. The number of ether oxygens (including phenoxy) is 1. The maximum absolute atomic E-state index is 13.6. The quantitative estimate of drug-likeness (QED) is 0.685. The molecular formula is C25H23NO2. The molecule has 3 nitrogen and oxygen atoms in total. The van der Waals surface area contributed by atoms with Crippen LogP contribution in [0.1, 0.15) is 41.2 Å². The van der Waals surface area contributed by atoms with Crippen molar-refractivity contribution in [1.82, 2.24) is 5.32 Å². The summed E-state index contributed by atoms with van der Waals surface area (Å²) in [6.07, 6.45) is 1.64. The van der Waals surface area contributed by atoms with Crippen molar-refractivity contribution < 1.29 is 9.53 Å². The van der Waals surface area contributed by atoms with Gasteiger partial charge in [-0.2, -0.15) is 0 Å². The molecule has 1 fully saturated rings. The summed E-state index contributed by atoms with van der Waals surface area (Å²) in [5.74, 6) is 0.673. The number of ketones is 1. The van der Waals surface area contributed by atoms with E-state index in [0.29, 0.717) is 17.5 Å². The van der Waals surface area contributed by atoms with Crippen molar-refractivity contribution in [2.45, 2.75) is 38.8 Å². The van der Waals surface area contributed by atoms with Crippen molar-refractivity contribution in [3.8, 4) is 0 Å². The Morgan fingerprint density at radius 2 is 1.68 bits per heavy atom. The second-order valence-electron chi connectivity index (χ2n) is 7.80. The van der Waals surface area contributed by atoms with Gasteiger partial charge in [-0.15, -0.1) is 0 Å². The van der Waals surface area contributed by atoms with Crippen LogP contribution in [0.5, 0.6) is 0 Å². The third kappa shape index (κ3) is 2.78. The Kier molecular flexibility index (Phi) is 3.97. The number of Topliss-reactive ketones (excluding diaryl/α,β-unsaturated/α-hetero) is 1. The van der Waals surface area contributed by atoms with Gasteiger partial charge in [-0.05, 0) is 54.2 Å². The molecule has 1 heterocycles. The molecule has 1 aliphatic heterocycles. The van der Waals surface area contributed by atoms with Gasteiger partial charge in [-0.1, -0.05) is 60.7 Å². The molecule has 28 heavy (non-hydrogen) atoms. The first-order valence-corrected chi connectivity index (χ1v) is 9.89. The lowest BCUT2D eigenvalue weighted by molar-refractivity contribution is -0.120. The summed E-state index contributed by atoms with van der Waals surface area (Å²) in [6, 6.07) is 20.8. The first kappa shape index (κ1) is 17.1. The van der Waals surface area contributed by atoms with Gasteiger partial charge in [0.25, 0.3) is 0 Å². The topological polar surface area (TPSA) is 38.3 Å². The molecule has 0 amide bonds. The number of nitrogens with one attached hydrogen (secondary N) is 1. The van der Waals surface area contributed by atoms with E-state index in [1.165, 1.54) is 5.56 Å². The van der Waals surface area contributed by atoms with E-state index in [4.69, 9.17) is 4.74 Å². The van der Waals surface area contributed by atoms with Crippen LogP contribution in [0, 0.1) is 13.8 Å². The van der Waals surface area contributed by atoms with Gasteiger partial charge < -0.3 is 10.1 Å². The first-order chi connectivity index (χ1) is 13.6. The molecule has 1 aliphatic carbocycles. The zero-order chi connectivity index (χ0) is 19.3. The number of carbonyl (C=O) groups is 1. The summed E-state index contributed by atoms with van der Waals surface area (Å²) < 4.78 is 6.30. The smallest absolute Gasteiger partial charge is 0.213 e. The minimum atomic E-state index is -0.609. The Bertz CT molecular complexity index is 1120. The summed E-state index contributed by atoms with van der Waals surface area (Å²) in [5, 5.41) is 5.65. The molecule has 1 N–H and O–H groups in total. The van der Waals surface area contributed by atoms with Gasteiger partial charge >= 0.3 is 0 Å². The van der Waals surface area contributed by atoms with Gasteiger partial charge in [0.05, 0.1) is 5.57 Å². The number of aryl methyl sites for hydroxylation is 1. The van der Waals surface area contributed by atoms with Gasteiger partial charge in [0, 0.05) is 11.6 Å². The van der Waals surface area contributed by atoms with Crippen LogP contribution in [0.3, 0.4) is 0 Å². The number of benzene rings is 3. The fourth-order valence-electron chi connectivity index (χ4n) is 3.95. The summed E-state index contributed by atoms with van der Waals surface area (Å²) in [5.41, 5.74) is 4.89. The Morgan fingerprint density at radius 3 is 2.50 bits per heavy atom. The number of hydrogen-bond acceptors (Lipinski definition) is 3. The normalized spacial score (nSPS) is 19.2. The van der Waals surface area contributed by atoms with Crippen LogP contribution in [0.2, 0.25) is 0 Å².